The van der Waals surface area contributed by atoms with E-state index in [1.54, 1.807) is 6.92 Å². The lowest BCUT2D eigenvalue weighted by molar-refractivity contribution is -0.138. The number of urea groups is 1. The molecule has 0 fully saturated rings. The van der Waals surface area contributed by atoms with Gasteiger partial charge in [-0.05, 0) is 26.0 Å². The van der Waals surface area contributed by atoms with Crippen LogP contribution >= 0.6 is 0 Å². The number of carbonyl (C=O) groups excluding carboxylic acids is 2. The Morgan fingerprint density at radius 2 is 2.17 bits per heavy atom. The average Bonchev–Trinajstić information content (AvgIpc) is 2.51. The molecule has 1 heterocycles. The molecule has 0 aromatic heterocycles. The largest absolute Gasteiger partial charge is 0.460 e. The summed E-state index contributed by atoms with van der Waals surface area (Å²) in [7, 11) is 0. The maximum atomic E-state index is 11.9. The van der Waals surface area contributed by atoms with E-state index in [2.05, 4.69) is 34.4 Å². The predicted molar refractivity (Wildman–Crippen MR) is 89.1 cm³/mol. The van der Waals surface area contributed by atoms with E-state index in [1.807, 2.05) is 25.2 Å². The lowest BCUT2D eigenvalue weighted by Gasteiger charge is -2.27. The van der Waals surface area contributed by atoms with Crippen LogP contribution in [-0.2, 0) is 9.53 Å². The van der Waals surface area contributed by atoms with Gasteiger partial charge in [0.05, 0.1) is 12.6 Å². The van der Waals surface area contributed by atoms with E-state index in [-0.39, 0.29) is 31.1 Å². The molecule has 6 nitrogen and oxygen atoms in total. The third kappa shape index (κ3) is 4.67. The Morgan fingerprint density at radius 1 is 1.39 bits per heavy atom. The van der Waals surface area contributed by atoms with Gasteiger partial charge in [0.15, 0.2) is 0 Å². The molecule has 0 aromatic rings. The molecule has 2 aliphatic rings. The van der Waals surface area contributed by atoms with Gasteiger partial charge in [-0.15, -0.1) is 0 Å². The first-order valence-electron chi connectivity index (χ1n) is 7.46. The first kappa shape index (κ1) is 16.7. The van der Waals surface area contributed by atoms with E-state index in [9.17, 15) is 9.59 Å². The van der Waals surface area contributed by atoms with Crippen LogP contribution in [0.5, 0.6) is 0 Å². The minimum absolute atomic E-state index is 0.100. The van der Waals surface area contributed by atoms with Gasteiger partial charge in [-0.2, -0.15) is 0 Å². The average molecular weight is 315 g/mol. The Morgan fingerprint density at radius 3 is 2.91 bits per heavy atom. The van der Waals surface area contributed by atoms with Crippen molar-refractivity contribution in [1.82, 2.24) is 10.6 Å². The fourth-order valence-electron chi connectivity index (χ4n) is 2.26. The van der Waals surface area contributed by atoms with Crippen LogP contribution < -0.4 is 10.6 Å². The van der Waals surface area contributed by atoms with Crippen LogP contribution in [0.1, 0.15) is 13.8 Å². The van der Waals surface area contributed by atoms with Crippen molar-refractivity contribution in [3.05, 3.63) is 48.2 Å². The van der Waals surface area contributed by atoms with Crippen LogP contribution in [-0.4, -0.2) is 36.9 Å². The molecule has 2 N–H and O–H groups in total. The van der Waals surface area contributed by atoms with Crippen LogP contribution in [0.2, 0.25) is 0 Å². The summed E-state index contributed by atoms with van der Waals surface area (Å²) in [6.45, 7) is 7.31. The van der Waals surface area contributed by atoms with Crippen molar-refractivity contribution in [2.75, 3.05) is 13.2 Å². The van der Waals surface area contributed by atoms with E-state index in [0.29, 0.717) is 5.57 Å². The molecule has 2 unspecified atom stereocenters. The number of nitrogens with one attached hydrogen (secondary N) is 2. The summed E-state index contributed by atoms with van der Waals surface area (Å²) in [6, 6.07) is -0.448. The lowest BCUT2D eigenvalue weighted by Crippen LogP contribution is -2.41. The van der Waals surface area contributed by atoms with E-state index >= 15 is 0 Å². The molecule has 0 saturated heterocycles. The number of carbonyl (C=O) groups is 2. The number of hydrogen-bond acceptors (Lipinski definition) is 4. The number of dihydropyridines is 1. The first-order chi connectivity index (χ1) is 11.0. The number of hydrogen-bond donors (Lipinski definition) is 2. The molecule has 6 heteroatoms. The minimum atomic E-state index is -0.464. The highest BCUT2D eigenvalue weighted by atomic mass is 16.5. The van der Waals surface area contributed by atoms with Crippen molar-refractivity contribution >= 4 is 17.7 Å². The van der Waals surface area contributed by atoms with Crippen molar-refractivity contribution in [2.24, 2.45) is 10.9 Å². The summed E-state index contributed by atoms with van der Waals surface area (Å²) in [5.74, 6) is -0.301. The second kappa shape index (κ2) is 7.58. The Labute approximate surface area is 135 Å². The van der Waals surface area contributed by atoms with Crippen molar-refractivity contribution in [2.45, 2.75) is 19.9 Å². The zero-order chi connectivity index (χ0) is 16.8. The van der Waals surface area contributed by atoms with Gasteiger partial charge in [-0.3, -0.25) is 4.99 Å². The fraction of sp³-hybridized carbons (Fsp3) is 0.353. The fourth-order valence-corrected chi connectivity index (χ4v) is 2.26. The Bertz CT molecular complexity index is 629. The zero-order valence-corrected chi connectivity index (χ0v) is 13.3. The van der Waals surface area contributed by atoms with E-state index in [4.69, 9.17) is 4.74 Å². The van der Waals surface area contributed by atoms with Gasteiger partial charge < -0.3 is 15.4 Å². The van der Waals surface area contributed by atoms with Crippen molar-refractivity contribution in [3.8, 4) is 0 Å². The summed E-state index contributed by atoms with van der Waals surface area (Å²) in [6.07, 6.45) is 9.86. The number of fused-ring (bicyclic) bond motifs is 1. The molecule has 1 aliphatic carbocycles. The van der Waals surface area contributed by atoms with Gasteiger partial charge in [-0.1, -0.05) is 24.8 Å². The number of amides is 2. The standard InChI is InChI=1S/C17H21N3O3/c1-11(2)16(21)23-10-9-18-17(22)20-14-6-4-5-13-8-7-12(3)19-15(13)14/h4-8,13,15H,1,9-10H2,2-3H3,(H2,18,20,22). The summed E-state index contributed by atoms with van der Waals surface area (Å²) in [5.41, 5.74) is 2.01. The van der Waals surface area contributed by atoms with Gasteiger partial charge in [0.1, 0.15) is 6.61 Å². The molecular formula is C17H21N3O3. The van der Waals surface area contributed by atoms with E-state index < -0.39 is 5.97 Å². The topological polar surface area (TPSA) is 79.8 Å². The van der Waals surface area contributed by atoms with Crippen LogP contribution in [0, 0.1) is 5.92 Å². The van der Waals surface area contributed by atoms with Crippen LogP contribution in [0.3, 0.4) is 0 Å². The van der Waals surface area contributed by atoms with Crippen LogP contribution in [0.25, 0.3) is 0 Å². The Kier molecular flexibility index (Phi) is 5.51. The van der Waals surface area contributed by atoms with Gasteiger partial charge >= 0.3 is 12.0 Å². The van der Waals surface area contributed by atoms with Crippen molar-refractivity contribution in [3.63, 3.8) is 0 Å². The zero-order valence-electron chi connectivity index (χ0n) is 13.3. The molecule has 0 spiro atoms. The van der Waals surface area contributed by atoms with Gasteiger partial charge in [0.25, 0.3) is 0 Å². The lowest BCUT2D eigenvalue weighted by atomic mass is 9.90. The normalized spacial score (nSPS) is 21.7. The van der Waals surface area contributed by atoms with Crippen LogP contribution in [0.15, 0.2) is 53.2 Å². The highest BCUT2D eigenvalue weighted by molar-refractivity contribution is 5.94. The van der Waals surface area contributed by atoms with Crippen molar-refractivity contribution in [1.29, 1.82) is 0 Å². The Balaban J connectivity index is 1.80. The molecule has 0 bridgehead atoms. The maximum Gasteiger partial charge on any atom is 0.333 e. The number of aliphatic imine (C=N–C) groups is 1. The molecule has 23 heavy (non-hydrogen) atoms. The van der Waals surface area contributed by atoms with Gasteiger partial charge in [0.2, 0.25) is 0 Å². The predicted octanol–water partition coefficient (Wildman–Crippen LogP) is 1.87. The summed E-state index contributed by atoms with van der Waals surface area (Å²) < 4.78 is 4.91. The van der Waals surface area contributed by atoms with Gasteiger partial charge in [0, 0.05) is 22.9 Å². The third-order valence-electron chi connectivity index (χ3n) is 3.42. The van der Waals surface area contributed by atoms with Gasteiger partial charge in [-0.25, -0.2) is 9.59 Å². The molecule has 0 radical (unpaired) electrons. The molecule has 0 saturated carbocycles. The monoisotopic (exact) mass is 315 g/mol. The second-order valence-electron chi connectivity index (χ2n) is 5.46. The highest BCUT2D eigenvalue weighted by Gasteiger charge is 2.26. The number of nitrogens with zero attached hydrogens (tertiary/aromatic N) is 1. The van der Waals surface area contributed by atoms with Crippen molar-refractivity contribution < 1.29 is 14.3 Å². The molecule has 2 atom stereocenters. The summed E-state index contributed by atoms with van der Waals surface area (Å²) in [4.78, 5) is 27.7. The smallest absolute Gasteiger partial charge is 0.333 e. The molecule has 2 amide bonds. The number of ether oxygens (including phenoxy) is 1. The van der Waals surface area contributed by atoms with E-state index in [1.165, 1.54) is 0 Å². The summed E-state index contributed by atoms with van der Waals surface area (Å²) in [5, 5.41) is 5.45. The quantitative estimate of drug-likeness (QED) is 0.462. The second-order valence-corrected chi connectivity index (χ2v) is 5.46. The first-order valence-corrected chi connectivity index (χ1v) is 7.46. The number of rotatable bonds is 5. The van der Waals surface area contributed by atoms with Crippen LogP contribution in [0.4, 0.5) is 4.79 Å². The molecule has 0 aromatic carbocycles. The van der Waals surface area contributed by atoms with E-state index in [0.717, 1.165) is 11.4 Å². The molecule has 122 valence electrons. The number of allylic oxidation sites excluding steroid dienone is 3. The maximum absolute atomic E-state index is 11.9. The minimum Gasteiger partial charge on any atom is -0.460 e. The molecule has 2 rings (SSSR count). The summed E-state index contributed by atoms with van der Waals surface area (Å²) >= 11 is 0. The SMILES string of the molecule is C=C(C)C(=O)OCCNC(=O)NC1=CC=CC2C=CC(C)=NC12. The highest BCUT2D eigenvalue weighted by Crippen LogP contribution is 2.25. The number of esters is 1. The third-order valence-corrected chi connectivity index (χ3v) is 3.42. The molecular weight excluding hydrogens is 294 g/mol. The Hall–Kier alpha value is -2.63. The molecule has 1 aliphatic heterocycles.